The molecule has 1 atom stereocenters. The molecule has 0 aliphatic heterocycles. The Labute approximate surface area is 125 Å². The summed E-state index contributed by atoms with van der Waals surface area (Å²) in [5.74, 6) is 0. The molecule has 0 aliphatic rings. The van der Waals surface area contributed by atoms with E-state index in [0.717, 1.165) is 23.0 Å². The maximum Gasteiger partial charge on any atom is 0.192 e. The summed E-state index contributed by atoms with van der Waals surface area (Å²) in [6.07, 6.45) is 0.870. The second kappa shape index (κ2) is 6.37. The third-order valence-electron chi connectivity index (χ3n) is 2.92. The molecule has 0 bridgehead atoms. The van der Waals surface area contributed by atoms with Gasteiger partial charge in [-0.05, 0) is 63.6 Å². The van der Waals surface area contributed by atoms with E-state index in [2.05, 4.69) is 35.1 Å². The van der Waals surface area contributed by atoms with Crippen LogP contribution in [0.25, 0.3) is 0 Å². The lowest BCUT2D eigenvalue weighted by Gasteiger charge is -2.12. The Hall–Kier alpha value is -1.39. The van der Waals surface area contributed by atoms with Crippen LogP contribution < -0.4 is 5.73 Å². The van der Waals surface area contributed by atoms with E-state index in [1.807, 2.05) is 26.8 Å². The Morgan fingerprint density at radius 1 is 1.10 bits per heavy atom. The molecule has 2 aromatic rings. The molecular formula is C16H21N3S. The van der Waals surface area contributed by atoms with Gasteiger partial charge in [0.15, 0.2) is 5.16 Å². The summed E-state index contributed by atoms with van der Waals surface area (Å²) in [5, 5.41) is 0.803. The standard InChI is InChI=1S/C16H21N3S/c1-10-5-6-15(14(7-10)8-11(2)17)20-16-18-12(3)9-13(4)19-16/h5-7,9,11H,8,17H2,1-4H3. The molecule has 0 amide bonds. The zero-order valence-electron chi connectivity index (χ0n) is 12.5. The van der Waals surface area contributed by atoms with Crippen molar-refractivity contribution < 1.29 is 0 Å². The summed E-state index contributed by atoms with van der Waals surface area (Å²) in [5.41, 5.74) is 10.5. The minimum Gasteiger partial charge on any atom is -0.328 e. The first-order valence-corrected chi connectivity index (χ1v) is 7.61. The summed E-state index contributed by atoms with van der Waals surface area (Å²) < 4.78 is 0. The van der Waals surface area contributed by atoms with Gasteiger partial charge in [0.25, 0.3) is 0 Å². The van der Waals surface area contributed by atoms with Gasteiger partial charge in [-0.15, -0.1) is 0 Å². The molecule has 106 valence electrons. The van der Waals surface area contributed by atoms with Crippen LogP contribution in [0.15, 0.2) is 34.3 Å². The zero-order valence-corrected chi connectivity index (χ0v) is 13.3. The van der Waals surface area contributed by atoms with Crippen molar-refractivity contribution in [3.63, 3.8) is 0 Å². The van der Waals surface area contributed by atoms with Crippen LogP contribution >= 0.6 is 11.8 Å². The van der Waals surface area contributed by atoms with Gasteiger partial charge in [0.1, 0.15) is 0 Å². The molecule has 1 unspecified atom stereocenters. The number of aryl methyl sites for hydroxylation is 3. The van der Waals surface area contributed by atoms with Gasteiger partial charge in [0.05, 0.1) is 0 Å². The van der Waals surface area contributed by atoms with Crippen molar-refractivity contribution in [2.45, 2.75) is 50.2 Å². The van der Waals surface area contributed by atoms with Crippen molar-refractivity contribution in [3.05, 3.63) is 46.8 Å². The van der Waals surface area contributed by atoms with Gasteiger partial charge < -0.3 is 5.73 Å². The zero-order chi connectivity index (χ0) is 14.7. The molecule has 0 aliphatic carbocycles. The van der Waals surface area contributed by atoms with E-state index in [-0.39, 0.29) is 6.04 Å². The lowest BCUT2D eigenvalue weighted by Crippen LogP contribution is -2.18. The van der Waals surface area contributed by atoms with Gasteiger partial charge in [0.2, 0.25) is 0 Å². The first-order chi connectivity index (χ1) is 9.44. The third-order valence-corrected chi connectivity index (χ3v) is 3.90. The highest BCUT2D eigenvalue weighted by atomic mass is 32.2. The molecule has 4 heteroatoms. The molecule has 2 N–H and O–H groups in total. The first kappa shape index (κ1) is 15.0. The Kier molecular flexibility index (Phi) is 4.78. The lowest BCUT2D eigenvalue weighted by molar-refractivity contribution is 0.728. The number of rotatable bonds is 4. The third kappa shape index (κ3) is 4.05. The maximum atomic E-state index is 5.94. The molecule has 1 aromatic carbocycles. The van der Waals surface area contributed by atoms with Gasteiger partial charge in [-0.2, -0.15) is 0 Å². The Morgan fingerprint density at radius 2 is 1.75 bits per heavy atom. The van der Waals surface area contributed by atoms with E-state index in [4.69, 9.17) is 5.73 Å². The predicted octanol–water partition coefficient (Wildman–Crippen LogP) is 3.44. The van der Waals surface area contributed by atoms with Crippen LogP contribution in [0.2, 0.25) is 0 Å². The fourth-order valence-electron chi connectivity index (χ4n) is 2.15. The summed E-state index contributed by atoms with van der Waals surface area (Å²) in [4.78, 5) is 10.2. The molecule has 0 fully saturated rings. The van der Waals surface area contributed by atoms with Crippen molar-refractivity contribution in [1.82, 2.24) is 9.97 Å². The molecule has 0 radical (unpaired) electrons. The van der Waals surface area contributed by atoms with Crippen LogP contribution in [-0.4, -0.2) is 16.0 Å². The minimum absolute atomic E-state index is 0.149. The normalized spacial score (nSPS) is 12.4. The quantitative estimate of drug-likeness (QED) is 0.875. The van der Waals surface area contributed by atoms with E-state index in [1.54, 1.807) is 11.8 Å². The molecule has 0 saturated heterocycles. The average Bonchev–Trinajstić information content (AvgIpc) is 2.30. The highest BCUT2D eigenvalue weighted by molar-refractivity contribution is 7.99. The van der Waals surface area contributed by atoms with Crippen LogP contribution in [0.1, 0.15) is 29.4 Å². The van der Waals surface area contributed by atoms with E-state index in [9.17, 15) is 0 Å². The fourth-order valence-corrected chi connectivity index (χ4v) is 3.14. The molecular weight excluding hydrogens is 266 g/mol. The average molecular weight is 287 g/mol. The second-order valence-electron chi connectivity index (χ2n) is 5.33. The van der Waals surface area contributed by atoms with Crippen LogP contribution in [0, 0.1) is 20.8 Å². The number of nitrogens with zero attached hydrogens (tertiary/aromatic N) is 2. The van der Waals surface area contributed by atoms with E-state index in [0.29, 0.717) is 0 Å². The van der Waals surface area contributed by atoms with Crippen molar-refractivity contribution in [2.75, 3.05) is 0 Å². The van der Waals surface area contributed by atoms with Crippen molar-refractivity contribution in [2.24, 2.45) is 5.73 Å². The van der Waals surface area contributed by atoms with Crippen LogP contribution in [-0.2, 0) is 6.42 Å². The predicted molar refractivity (Wildman–Crippen MR) is 84.2 cm³/mol. The molecule has 0 spiro atoms. The summed E-state index contributed by atoms with van der Waals surface area (Å²) in [6, 6.07) is 8.60. The van der Waals surface area contributed by atoms with E-state index < -0.39 is 0 Å². The van der Waals surface area contributed by atoms with Gasteiger partial charge in [0, 0.05) is 22.3 Å². The Bertz CT molecular complexity index is 588. The molecule has 20 heavy (non-hydrogen) atoms. The van der Waals surface area contributed by atoms with E-state index in [1.165, 1.54) is 16.0 Å². The summed E-state index contributed by atoms with van der Waals surface area (Å²) in [7, 11) is 0. The number of aromatic nitrogens is 2. The molecule has 0 saturated carbocycles. The molecule has 1 heterocycles. The van der Waals surface area contributed by atoms with Gasteiger partial charge >= 0.3 is 0 Å². The van der Waals surface area contributed by atoms with Gasteiger partial charge in [-0.25, -0.2) is 9.97 Å². The lowest BCUT2D eigenvalue weighted by atomic mass is 10.1. The maximum absolute atomic E-state index is 5.94. The fraction of sp³-hybridized carbons (Fsp3) is 0.375. The second-order valence-corrected chi connectivity index (χ2v) is 6.34. The smallest absolute Gasteiger partial charge is 0.192 e. The summed E-state index contributed by atoms with van der Waals surface area (Å²) >= 11 is 1.62. The number of benzene rings is 1. The highest BCUT2D eigenvalue weighted by Gasteiger charge is 2.09. The summed E-state index contributed by atoms with van der Waals surface area (Å²) in [6.45, 7) is 8.13. The number of hydrogen-bond donors (Lipinski definition) is 1. The van der Waals surface area contributed by atoms with E-state index >= 15 is 0 Å². The SMILES string of the molecule is Cc1ccc(Sc2nc(C)cc(C)n2)c(CC(C)N)c1. The molecule has 1 aromatic heterocycles. The van der Waals surface area contributed by atoms with Crippen LogP contribution in [0.4, 0.5) is 0 Å². The molecule has 3 nitrogen and oxygen atoms in total. The monoisotopic (exact) mass is 287 g/mol. The Balaban J connectivity index is 2.32. The topological polar surface area (TPSA) is 51.8 Å². The Morgan fingerprint density at radius 3 is 2.35 bits per heavy atom. The number of nitrogens with two attached hydrogens (primary N) is 1. The van der Waals surface area contributed by atoms with Gasteiger partial charge in [-0.1, -0.05) is 17.7 Å². The van der Waals surface area contributed by atoms with Crippen molar-refractivity contribution in [3.8, 4) is 0 Å². The molecule has 2 rings (SSSR count). The van der Waals surface area contributed by atoms with Crippen LogP contribution in [0.5, 0.6) is 0 Å². The van der Waals surface area contributed by atoms with Gasteiger partial charge in [-0.3, -0.25) is 0 Å². The minimum atomic E-state index is 0.149. The highest BCUT2D eigenvalue weighted by Crippen LogP contribution is 2.29. The first-order valence-electron chi connectivity index (χ1n) is 6.79. The van der Waals surface area contributed by atoms with Crippen molar-refractivity contribution in [1.29, 1.82) is 0 Å². The van der Waals surface area contributed by atoms with Crippen LogP contribution in [0.3, 0.4) is 0 Å². The number of hydrogen-bond acceptors (Lipinski definition) is 4. The van der Waals surface area contributed by atoms with Crippen molar-refractivity contribution >= 4 is 11.8 Å². The largest absolute Gasteiger partial charge is 0.328 e.